The fourth-order valence-corrected chi connectivity index (χ4v) is 4.25. The van der Waals surface area contributed by atoms with Gasteiger partial charge in [0.25, 0.3) is 10.0 Å². The summed E-state index contributed by atoms with van der Waals surface area (Å²) in [6.07, 6.45) is 1.51. The third-order valence-electron chi connectivity index (χ3n) is 3.49. The monoisotopic (exact) mass is 406 g/mol. The molecular weight excluding hydrogens is 392 g/mol. The molecule has 0 atom stereocenters. The molecule has 0 aliphatic heterocycles. The lowest BCUT2D eigenvalue weighted by Gasteiger charge is -2.12. The molecule has 3 rings (SSSR count). The van der Waals surface area contributed by atoms with Crippen molar-refractivity contribution in [1.82, 2.24) is 8.96 Å². The summed E-state index contributed by atoms with van der Waals surface area (Å²) in [5, 5.41) is 0. The number of ether oxygens (including phenoxy) is 1. The molecule has 1 aromatic heterocycles. The molecule has 124 valence electrons. The van der Waals surface area contributed by atoms with E-state index in [1.54, 1.807) is 19.1 Å². The molecule has 0 amide bonds. The van der Waals surface area contributed by atoms with Crippen molar-refractivity contribution in [1.29, 1.82) is 0 Å². The van der Waals surface area contributed by atoms with Gasteiger partial charge in [0.2, 0.25) is 0 Å². The maximum absolute atomic E-state index is 13.2. The van der Waals surface area contributed by atoms with Crippen LogP contribution in [0.1, 0.15) is 5.69 Å². The molecule has 2 aromatic carbocycles. The van der Waals surface area contributed by atoms with Crippen molar-refractivity contribution < 1.29 is 13.2 Å². The van der Waals surface area contributed by atoms with Gasteiger partial charge in [-0.2, -0.15) is 0 Å². The highest BCUT2D eigenvalue weighted by molar-refractivity contribution is 9.10. The van der Waals surface area contributed by atoms with Gasteiger partial charge in [-0.3, -0.25) is 0 Å². The Morgan fingerprint density at radius 1 is 1.12 bits per heavy atom. The van der Waals surface area contributed by atoms with Crippen molar-refractivity contribution in [2.45, 2.75) is 11.8 Å². The van der Waals surface area contributed by atoms with E-state index in [4.69, 9.17) is 4.74 Å². The Morgan fingerprint density at radius 2 is 1.83 bits per heavy atom. The van der Waals surface area contributed by atoms with Crippen LogP contribution in [0, 0.1) is 6.92 Å². The average Bonchev–Trinajstić information content (AvgIpc) is 2.98. The van der Waals surface area contributed by atoms with E-state index in [9.17, 15) is 8.42 Å². The van der Waals surface area contributed by atoms with E-state index in [2.05, 4.69) is 20.9 Å². The molecule has 0 aliphatic rings. The Bertz CT molecular complexity index is 982. The summed E-state index contributed by atoms with van der Waals surface area (Å²) < 4.78 is 33.5. The highest BCUT2D eigenvalue weighted by Crippen LogP contribution is 2.31. The van der Waals surface area contributed by atoms with E-state index in [0.29, 0.717) is 11.5 Å². The van der Waals surface area contributed by atoms with Crippen LogP contribution in [0.5, 0.6) is 5.75 Å². The van der Waals surface area contributed by atoms with Gasteiger partial charge >= 0.3 is 0 Å². The van der Waals surface area contributed by atoms with Gasteiger partial charge in [0, 0.05) is 16.2 Å². The largest absolute Gasteiger partial charge is 0.495 e. The predicted octanol–water partition coefficient (Wildman–Crippen LogP) is 3.87. The molecule has 0 unspecified atom stereocenters. The first kappa shape index (κ1) is 16.7. The summed E-state index contributed by atoms with van der Waals surface area (Å²) in [7, 11) is -2.41. The van der Waals surface area contributed by atoms with Crippen molar-refractivity contribution >= 4 is 26.0 Å². The van der Waals surface area contributed by atoms with Gasteiger partial charge in [0.15, 0.2) is 5.82 Å². The quantitative estimate of drug-likeness (QED) is 0.659. The molecular formula is C17H15BrN2O3S. The van der Waals surface area contributed by atoms with Crippen molar-refractivity contribution in [2.75, 3.05) is 7.11 Å². The van der Waals surface area contributed by atoms with Crippen molar-refractivity contribution in [3.8, 4) is 17.1 Å². The molecule has 5 nitrogen and oxygen atoms in total. The zero-order chi connectivity index (χ0) is 17.3. The molecule has 24 heavy (non-hydrogen) atoms. The Kier molecular flexibility index (Phi) is 4.47. The van der Waals surface area contributed by atoms with E-state index in [-0.39, 0.29) is 10.6 Å². The van der Waals surface area contributed by atoms with E-state index in [1.807, 2.05) is 30.3 Å². The first-order valence-corrected chi connectivity index (χ1v) is 9.37. The molecule has 0 bridgehead atoms. The fourth-order valence-electron chi connectivity index (χ4n) is 2.40. The lowest BCUT2D eigenvalue weighted by molar-refractivity contribution is 0.402. The number of aromatic nitrogens is 2. The van der Waals surface area contributed by atoms with Crippen molar-refractivity contribution in [3.05, 3.63) is 64.9 Å². The highest BCUT2D eigenvalue weighted by atomic mass is 79.9. The van der Waals surface area contributed by atoms with Crippen LogP contribution in [-0.2, 0) is 10.0 Å². The van der Waals surface area contributed by atoms with Gasteiger partial charge in [0.1, 0.15) is 10.6 Å². The van der Waals surface area contributed by atoms with Crippen LogP contribution in [0.15, 0.2) is 64.1 Å². The Balaban J connectivity index is 2.23. The van der Waals surface area contributed by atoms with E-state index < -0.39 is 10.0 Å². The number of imidazole rings is 1. The van der Waals surface area contributed by atoms with E-state index in [0.717, 1.165) is 10.0 Å². The lowest BCUT2D eigenvalue weighted by atomic mass is 10.2. The third-order valence-corrected chi connectivity index (χ3v) is 5.67. The van der Waals surface area contributed by atoms with Crippen LogP contribution >= 0.6 is 15.9 Å². The standard InChI is InChI=1S/C17H15BrN2O3S/c1-12-11-20(17(19-12)13-6-4-3-5-7-13)24(21,22)16-9-8-14(18)10-15(16)23-2/h3-11H,1-2H3. The number of hydrogen-bond donors (Lipinski definition) is 0. The summed E-state index contributed by atoms with van der Waals surface area (Å²) >= 11 is 3.32. The summed E-state index contributed by atoms with van der Waals surface area (Å²) in [6, 6.07) is 14.0. The zero-order valence-electron chi connectivity index (χ0n) is 13.1. The SMILES string of the molecule is COc1cc(Br)ccc1S(=O)(=O)n1cc(C)nc1-c1ccccc1. The number of halogens is 1. The van der Waals surface area contributed by atoms with Gasteiger partial charge < -0.3 is 4.74 Å². The average molecular weight is 407 g/mol. The van der Waals surface area contributed by atoms with Gasteiger partial charge in [0.05, 0.1) is 12.8 Å². The predicted molar refractivity (Wildman–Crippen MR) is 95.7 cm³/mol. The van der Waals surface area contributed by atoms with Crippen LogP contribution < -0.4 is 4.74 Å². The summed E-state index contributed by atoms with van der Waals surface area (Å²) in [4.78, 5) is 4.47. The number of methoxy groups -OCH3 is 1. The second-order valence-electron chi connectivity index (χ2n) is 5.17. The van der Waals surface area contributed by atoms with Crippen LogP contribution in [-0.4, -0.2) is 24.5 Å². The van der Waals surface area contributed by atoms with Crippen molar-refractivity contribution in [2.24, 2.45) is 0 Å². The van der Waals surface area contributed by atoms with Gasteiger partial charge in [-0.05, 0) is 25.1 Å². The van der Waals surface area contributed by atoms with Crippen LogP contribution in [0.3, 0.4) is 0 Å². The number of rotatable bonds is 4. The molecule has 0 spiro atoms. The topological polar surface area (TPSA) is 61.2 Å². The summed E-state index contributed by atoms with van der Waals surface area (Å²) in [5.41, 5.74) is 1.35. The molecule has 7 heteroatoms. The third kappa shape index (κ3) is 2.97. The molecule has 0 aliphatic carbocycles. The number of nitrogens with zero attached hydrogens (tertiary/aromatic N) is 2. The molecule has 0 N–H and O–H groups in total. The van der Waals surface area contributed by atoms with Crippen LogP contribution in [0.2, 0.25) is 0 Å². The maximum atomic E-state index is 13.2. The first-order chi connectivity index (χ1) is 11.4. The fraction of sp³-hybridized carbons (Fsp3) is 0.118. The van der Waals surface area contributed by atoms with Gasteiger partial charge in [-0.1, -0.05) is 46.3 Å². The molecule has 3 aromatic rings. The van der Waals surface area contributed by atoms with E-state index >= 15 is 0 Å². The van der Waals surface area contributed by atoms with E-state index in [1.165, 1.54) is 23.3 Å². The summed E-state index contributed by atoms with van der Waals surface area (Å²) in [6.45, 7) is 1.76. The summed E-state index contributed by atoms with van der Waals surface area (Å²) in [5.74, 6) is 0.646. The molecule has 0 saturated heterocycles. The molecule has 1 heterocycles. The first-order valence-electron chi connectivity index (χ1n) is 7.14. The maximum Gasteiger partial charge on any atom is 0.273 e. The zero-order valence-corrected chi connectivity index (χ0v) is 15.5. The molecule has 0 radical (unpaired) electrons. The van der Waals surface area contributed by atoms with Gasteiger partial charge in [-0.15, -0.1) is 0 Å². The minimum atomic E-state index is -3.85. The minimum Gasteiger partial charge on any atom is -0.495 e. The second-order valence-corrected chi connectivity index (χ2v) is 7.87. The normalized spacial score (nSPS) is 11.5. The number of benzene rings is 2. The number of aryl methyl sites for hydroxylation is 1. The smallest absolute Gasteiger partial charge is 0.273 e. The number of hydrogen-bond acceptors (Lipinski definition) is 4. The minimum absolute atomic E-state index is 0.0859. The Labute approximate surface area is 149 Å². The molecule has 0 saturated carbocycles. The van der Waals surface area contributed by atoms with Gasteiger partial charge in [-0.25, -0.2) is 17.4 Å². The Hall–Kier alpha value is -2.12. The highest BCUT2D eigenvalue weighted by Gasteiger charge is 2.25. The van der Waals surface area contributed by atoms with Crippen molar-refractivity contribution in [3.63, 3.8) is 0 Å². The second kappa shape index (κ2) is 6.41. The van der Waals surface area contributed by atoms with Crippen LogP contribution in [0.25, 0.3) is 11.4 Å². The lowest BCUT2D eigenvalue weighted by Crippen LogP contribution is -2.14. The Morgan fingerprint density at radius 3 is 2.50 bits per heavy atom. The molecule has 0 fully saturated rings. The van der Waals surface area contributed by atoms with Crippen LogP contribution in [0.4, 0.5) is 0 Å².